The molecule has 0 bridgehead atoms. The zero-order valence-corrected chi connectivity index (χ0v) is 23.1. The maximum Gasteiger partial charge on any atom is 0.264 e. The van der Waals surface area contributed by atoms with E-state index in [1.807, 2.05) is 52.0 Å². The van der Waals surface area contributed by atoms with E-state index in [1.165, 1.54) is 35.2 Å². The van der Waals surface area contributed by atoms with Gasteiger partial charge in [-0.3, -0.25) is 13.9 Å². The molecule has 0 spiro atoms. The number of sulfonamides is 1. The van der Waals surface area contributed by atoms with Gasteiger partial charge in [-0.1, -0.05) is 54.6 Å². The fourth-order valence-corrected chi connectivity index (χ4v) is 5.36. The molecular weight excluding hydrogens is 505 g/mol. The Morgan fingerprint density at radius 3 is 2.11 bits per heavy atom. The van der Waals surface area contributed by atoms with Crippen LogP contribution in [0.25, 0.3) is 0 Å². The lowest BCUT2D eigenvalue weighted by molar-refractivity contribution is -0.140. The summed E-state index contributed by atoms with van der Waals surface area (Å²) in [5.74, 6) is -1.82. The Kier molecular flexibility index (Phi) is 8.93. The zero-order valence-electron chi connectivity index (χ0n) is 22.3. The molecule has 0 heterocycles. The number of para-hydroxylation sites is 1. The maximum absolute atomic E-state index is 14.9. The minimum Gasteiger partial charge on any atom is -0.350 e. The molecule has 2 amide bonds. The number of hydrogen-bond donors (Lipinski definition) is 1. The Balaban J connectivity index is 2.05. The van der Waals surface area contributed by atoms with Crippen LogP contribution in [0.4, 0.5) is 10.1 Å². The zero-order chi connectivity index (χ0) is 28.1. The van der Waals surface area contributed by atoms with Crippen molar-refractivity contribution in [2.45, 2.75) is 57.6 Å². The number of amides is 2. The van der Waals surface area contributed by atoms with E-state index in [9.17, 15) is 22.4 Å². The number of benzene rings is 3. The minimum atomic E-state index is -4.32. The van der Waals surface area contributed by atoms with Crippen LogP contribution >= 0.6 is 0 Å². The van der Waals surface area contributed by atoms with E-state index in [0.717, 1.165) is 21.5 Å². The molecule has 3 rings (SSSR count). The highest BCUT2D eigenvalue weighted by Crippen LogP contribution is 2.27. The van der Waals surface area contributed by atoms with Crippen molar-refractivity contribution in [2.75, 3.05) is 10.8 Å². The number of halogens is 1. The van der Waals surface area contributed by atoms with Gasteiger partial charge in [-0.05, 0) is 70.0 Å². The van der Waals surface area contributed by atoms with Gasteiger partial charge in [0, 0.05) is 12.1 Å². The highest BCUT2D eigenvalue weighted by atomic mass is 32.2. The van der Waals surface area contributed by atoms with Crippen molar-refractivity contribution in [1.82, 2.24) is 10.2 Å². The highest BCUT2D eigenvalue weighted by molar-refractivity contribution is 7.92. The first kappa shape index (κ1) is 28.8. The second-order valence-electron chi connectivity index (χ2n) is 10.1. The van der Waals surface area contributed by atoms with Gasteiger partial charge in [0.05, 0.1) is 10.6 Å². The Labute approximate surface area is 224 Å². The van der Waals surface area contributed by atoms with Gasteiger partial charge in [0.15, 0.2) is 0 Å². The summed E-state index contributed by atoms with van der Waals surface area (Å²) in [6, 6.07) is 19.4. The topological polar surface area (TPSA) is 86.8 Å². The predicted octanol–water partition coefficient (Wildman–Crippen LogP) is 4.66. The van der Waals surface area contributed by atoms with Crippen molar-refractivity contribution >= 4 is 27.5 Å². The largest absolute Gasteiger partial charge is 0.350 e. The first-order chi connectivity index (χ1) is 17.8. The van der Waals surface area contributed by atoms with Gasteiger partial charge in [-0.15, -0.1) is 0 Å². The summed E-state index contributed by atoms with van der Waals surface area (Å²) in [5, 5.41) is 2.88. The highest BCUT2D eigenvalue weighted by Gasteiger charge is 2.34. The van der Waals surface area contributed by atoms with Gasteiger partial charge in [0.2, 0.25) is 11.8 Å². The minimum absolute atomic E-state index is 0.0702. The first-order valence-corrected chi connectivity index (χ1v) is 13.7. The first-order valence-electron chi connectivity index (χ1n) is 12.3. The third-order valence-corrected chi connectivity index (χ3v) is 7.77. The summed E-state index contributed by atoms with van der Waals surface area (Å²) in [4.78, 5) is 28.2. The van der Waals surface area contributed by atoms with Crippen LogP contribution in [0, 0.1) is 12.7 Å². The third kappa shape index (κ3) is 6.98. The lowest BCUT2D eigenvalue weighted by atomic mass is 10.1. The second kappa shape index (κ2) is 11.8. The summed E-state index contributed by atoms with van der Waals surface area (Å²) in [6.45, 7) is 8.35. The fraction of sp³-hybridized carbons (Fsp3) is 0.310. The molecular formula is C29H34FN3O4S. The number of nitrogens with zero attached hydrogens (tertiary/aromatic N) is 2. The number of hydrogen-bond acceptors (Lipinski definition) is 4. The lowest BCUT2D eigenvalue weighted by Gasteiger charge is -2.33. The van der Waals surface area contributed by atoms with Gasteiger partial charge >= 0.3 is 0 Å². The summed E-state index contributed by atoms with van der Waals surface area (Å²) in [7, 11) is -4.32. The van der Waals surface area contributed by atoms with Crippen LogP contribution in [0.15, 0.2) is 83.8 Å². The Morgan fingerprint density at radius 2 is 1.50 bits per heavy atom. The summed E-state index contributed by atoms with van der Waals surface area (Å²) >= 11 is 0. The number of anilines is 1. The molecule has 1 N–H and O–H groups in total. The number of nitrogens with one attached hydrogen (secondary N) is 1. The molecule has 38 heavy (non-hydrogen) atoms. The van der Waals surface area contributed by atoms with E-state index in [0.29, 0.717) is 0 Å². The molecule has 0 aliphatic carbocycles. The molecule has 0 aliphatic rings. The van der Waals surface area contributed by atoms with Crippen LogP contribution in [0.2, 0.25) is 0 Å². The average Bonchev–Trinajstić information content (AvgIpc) is 2.86. The van der Waals surface area contributed by atoms with Crippen molar-refractivity contribution in [3.05, 3.63) is 95.8 Å². The van der Waals surface area contributed by atoms with Crippen LogP contribution in [-0.2, 0) is 26.2 Å². The molecule has 0 saturated heterocycles. The standard InChI is InChI=1S/C29H34FN3O4S/c1-21-13-9-10-14-23(21)19-32(22(2)28(35)31-29(3,4)5)27(34)20-33(26-18-12-11-17-25(26)30)38(36,37)24-15-7-6-8-16-24/h6-18,22H,19-20H2,1-5H3,(H,31,35)/t22-/m1/s1. The molecule has 9 heteroatoms. The van der Waals surface area contributed by atoms with Gasteiger partial charge in [0.1, 0.15) is 18.4 Å². The van der Waals surface area contributed by atoms with Crippen molar-refractivity contribution in [3.8, 4) is 0 Å². The summed E-state index contributed by atoms with van der Waals surface area (Å²) < 4.78 is 43.0. The van der Waals surface area contributed by atoms with E-state index in [-0.39, 0.29) is 23.0 Å². The normalized spacial score (nSPS) is 12.5. The summed E-state index contributed by atoms with van der Waals surface area (Å²) in [6.07, 6.45) is 0. The third-order valence-electron chi connectivity index (χ3n) is 6.00. The quantitative estimate of drug-likeness (QED) is 0.429. The van der Waals surface area contributed by atoms with E-state index in [2.05, 4.69) is 5.32 Å². The second-order valence-corrected chi connectivity index (χ2v) is 12.0. The van der Waals surface area contributed by atoms with Crippen LogP contribution in [-0.4, -0.2) is 43.3 Å². The molecule has 1 atom stereocenters. The SMILES string of the molecule is Cc1ccccc1CN(C(=O)CN(c1ccccc1F)S(=O)(=O)c1ccccc1)[C@H](C)C(=O)NC(C)(C)C. The molecule has 0 fully saturated rings. The van der Waals surface area contributed by atoms with E-state index in [1.54, 1.807) is 25.1 Å². The van der Waals surface area contributed by atoms with Crippen LogP contribution in [0.5, 0.6) is 0 Å². The molecule has 0 saturated carbocycles. The Bertz CT molecular complexity index is 1390. The number of aryl methyl sites for hydroxylation is 1. The molecule has 3 aromatic rings. The lowest BCUT2D eigenvalue weighted by Crippen LogP contribution is -2.54. The van der Waals surface area contributed by atoms with Gasteiger partial charge < -0.3 is 10.2 Å². The van der Waals surface area contributed by atoms with E-state index in [4.69, 9.17) is 0 Å². The average molecular weight is 540 g/mol. The van der Waals surface area contributed by atoms with Crippen molar-refractivity contribution in [3.63, 3.8) is 0 Å². The van der Waals surface area contributed by atoms with Gasteiger partial charge in [0.25, 0.3) is 10.0 Å². The molecule has 202 valence electrons. The van der Waals surface area contributed by atoms with Crippen LogP contribution in [0.1, 0.15) is 38.8 Å². The smallest absolute Gasteiger partial charge is 0.264 e. The van der Waals surface area contributed by atoms with E-state index < -0.39 is 39.9 Å². The summed E-state index contributed by atoms with van der Waals surface area (Å²) in [5.41, 5.74) is 0.919. The fourth-order valence-electron chi connectivity index (χ4n) is 3.91. The molecule has 0 radical (unpaired) electrons. The van der Waals surface area contributed by atoms with Crippen molar-refractivity contribution in [2.24, 2.45) is 0 Å². The number of rotatable bonds is 9. The van der Waals surface area contributed by atoms with Crippen LogP contribution < -0.4 is 9.62 Å². The molecule has 7 nitrogen and oxygen atoms in total. The number of carbonyl (C=O) groups is 2. The Morgan fingerprint density at radius 1 is 0.921 bits per heavy atom. The van der Waals surface area contributed by atoms with E-state index >= 15 is 0 Å². The monoisotopic (exact) mass is 539 g/mol. The number of carbonyl (C=O) groups excluding carboxylic acids is 2. The van der Waals surface area contributed by atoms with Crippen molar-refractivity contribution in [1.29, 1.82) is 0 Å². The molecule has 0 aliphatic heterocycles. The van der Waals surface area contributed by atoms with Crippen molar-refractivity contribution < 1.29 is 22.4 Å². The molecule has 0 unspecified atom stereocenters. The molecule has 3 aromatic carbocycles. The predicted molar refractivity (Wildman–Crippen MR) is 146 cm³/mol. The Hall–Kier alpha value is -3.72. The maximum atomic E-state index is 14.9. The molecule has 0 aromatic heterocycles. The van der Waals surface area contributed by atoms with Crippen LogP contribution in [0.3, 0.4) is 0 Å². The van der Waals surface area contributed by atoms with Gasteiger partial charge in [-0.25, -0.2) is 12.8 Å². The van der Waals surface area contributed by atoms with Gasteiger partial charge in [-0.2, -0.15) is 0 Å².